The first-order valence-electron chi connectivity index (χ1n) is 16.1. The maximum atomic E-state index is 10.1. The Labute approximate surface area is 259 Å². The standard InChI is InChI=1S/2C12H24O2.2C4H9.Al.Sn/c2*1-2-3-4-5-6-7-8-9-10-11-12(13)14;2*1-3-4-2;;/h2*2-11H2,1H3,(H,13,14);2*1,3-4H2,2H3;;/q;;;;+3;+2/p-2. The predicted octanol–water partition coefficient (Wildman–Crippen LogP) is 8.06. The van der Waals surface area contributed by atoms with Crippen molar-refractivity contribution >= 4 is 50.4 Å². The van der Waals surface area contributed by atoms with Crippen LogP contribution in [-0.4, -0.2) is 50.4 Å². The molecule has 0 aliphatic heterocycles. The molecule has 0 unspecified atom stereocenters. The number of aliphatic carboxylic acids is 2. The van der Waals surface area contributed by atoms with Gasteiger partial charge in [0.15, 0.2) is 0 Å². The zero-order chi connectivity index (χ0) is 28.2. The summed E-state index contributed by atoms with van der Waals surface area (Å²) in [5, 5.41) is 20.2. The van der Waals surface area contributed by atoms with Gasteiger partial charge in [-0.2, -0.15) is 0 Å². The second-order valence-electron chi connectivity index (χ2n) is 10.4. The van der Waals surface area contributed by atoms with E-state index >= 15 is 0 Å². The maximum absolute atomic E-state index is 10.1. The van der Waals surface area contributed by atoms with E-state index in [1.165, 1.54) is 116 Å². The maximum Gasteiger partial charge on any atom is 3.00 e. The molecule has 0 saturated carbocycles. The molecule has 0 bridgehead atoms. The van der Waals surface area contributed by atoms with Crippen LogP contribution in [0.1, 0.15) is 182 Å². The van der Waals surface area contributed by atoms with E-state index in [2.05, 4.69) is 27.7 Å². The zero-order valence-electron chi connectivity index (χ0n) is 26.1. The Bertz CT molecular complexity index is 398. The van der Waals surface area contributed by atoms with Crippen molar-refractivity contribution < 1.29 is 19.8 Å². The molecule has 0 aliphatic carbocycles. The fourth-order valence-corrected chi connectivity index (χ4v) is 8.05. The van der Waals surface area contributed by atoms with Crippen molar-refractivity contribution in [1.29, 1.82) is 0 Å². The first-order valence-corrected chi connectivity index (χ1v) is 20.1. The van der Waals surface area contributed by atoms with Gasteiger partial charge in [0.2, 0.25) is 0 Å². The normalized spacial score (nSPS) is 9.79. The number of rotatable bonds is 26. The molecule has 0 aromatic carbocycles. The molecule has 4 nitrogen and oxygen atoms in total. The van der Waals surface area contributed by atoms with Crippen LogP contribution in [0.2, 0.25) is 8.87 Å². The Morgan fingerprint density at radius 1 is 0.421 bits per heavy atom. The number of carboxylic acid groups (broad SMARTS) is 2. The van der Waals surface area contributed by atoms with Crippen molar-refractivity contribution in [1.82, 2.24) is 0 Å². The molecule has 0 aromatic rings. The van der Waals surface area contributed by atoms with Crippen LogP contribution in [0.4, 0.5) is 0 Å². The van der Waals surface area contributed by atoms with Crippen LogP contribution in [0.3, 0.4) is 0 Å². The van der Waals surface area contributed by atoms with E-state index in [0.29, 0.717) is 0 Å². The molecule has 0 spiro atoms. The second-order valence-corrected chi connectivity index (χ2v) is 14.6. The Balaban J connectivity index is -0.000000231. The average molecular weight is 659 g/mol. The van der Waals surface area contributed by atoms with Gasteiger partial charge in [-0.15, -0.1) is 0 Å². The third kappa shape index (κ3) is 56.5. The molecular weight excluding hydrogens is 594 g/mol. The van der Waals surface area contributed by atoms with E-state index in [-0.39, 0.29) is 51.3 Å². The van der Waals surface area contributed by atoms with Crippen LogP contribution in [-0.2, 0) is 9.59 Å². The minimum atomic E-state index is -0.909. The van der Waals surface area contributed by atoms with Gasteiger partial charge in [0.25, 0.3) is 0 Å². The Hall–Kier alpha value is 0.271. The summed E-state index contributed by atoms with van der Waals surface area (Å²) in [6.07, 6.45) is 28.2. The van der Waals surface area contributed by atoms with Crippen molar-refractivity contribution in [3.8, 4) is 0 Å². The van der Waals surface area contributed by atoms with Gasteiger partial charge in [0.1, 0.15) is 0 Å². The van der Waals surface area contributed by atoms with E-state index in [0.717, 1.165) is 25.7 Å². The molecule has 0 aromatic heterocycles. The SMILES string of the molecule is CCCCCCCCCCCC(=O)[O-].CCCCCCCCCCCC(=O)[O-].CCC[CH2][Sn+2][CH2]CCC.[Al+3]. The summed E-state index contributed by atoms with van der Waals surface area (Å²) >= 11 is 0.149. The van der Waals surface area contributed by atoms with E-state index in [1.54, 1.807) is 8.87 Å². The van der Waals surface area contributed by atoms with Crippen LogP contribution in [0.15, 0.2) is 0 Å². The quantitative estimate of drug-likeness (QED) is 0.0696. The molecule has 38 heavy (non-hydrogen) atoms. The zero-order valence-corrected chi connectivity index (χ0v) is 30.1. The van der Waals surface area contributed by atoms with Gasteiger partial charge in [-0.25, -0.2) is 0 Å². The van der Waals surface area contributed by atoms with E-state index in [9.17, 15) is 19.8 Å². The van der Waals surface area contributed by atoms with Gasteiger partial charge in [-0.05, 0) is 25.7 Å². The van der Waals surface area contributed by atoms with Crippen LogP contribution in [0, 0.1) is 0 Å². The number of carboxylic acids is 2. The third-order valence-electron chi connectivity index (χ3n) is 6.38. The van der Waals surface area contributed by atoms with Crippen LogP contribution < -0.4 is 10.2 Å². The van der Waals surface area contributed by atoms with Crippen molar-refractivity contribution in [3.63, 3.8) is 0 Å². The molecular formula is C32H64AlO4Sn+3. The average Bonchev–Trinajstić information content (AvgIpc) is 2.87. The molecule has 220 valence electrons. The molecule has 0 aliphatic rings. The summed E-state index contributed by atoms with van der Waals surface area (Å²) < 4.78 is 3.25. The molecule has 0 heterocycles. The second kappa shape index (κ2) is 44.3. The van der Waals surface area contributed by atoms with Crippen LogP contribution in [0.25, 0.3) is 0 Å². The van der Waals surface area contributed by atoms with Gasteiger partial charge >= 0.3 is 86.9 Å². The van der Waals surface area contributed by atoms with Crippen molar-refractivity contribution in [2.24, 2.45) is 0 Å². The molecule has 0 radical (unpaired) electrons. The van der Waals surface area contributed by atoms with E-state index in [1.807, 2.05) is 0 Å². The predicted molar refractivity (Wildman–Crippen MR) is 165 cm³/mol. The Kier molecular flexibility index (Phi) is 52.8. The Morgan fingerprint density at radius 2 is 0.658 bits per heavy atom. The summed E-state index contributed by atoms with van der Waals surface area (Å²) in [6.45, 7) is 9.03. The summed E-state index contributed by atoms with van der Waals surface area (Å²) in [5.74, 6) is -1.82. The minimum absolute atomic E-state index is 0. The van der Waals surface area contributed by atoms with Crippen LogP contribution in [0.5, 0.6) is 0 Å². The van der Waals surface area contributed by atoms with Gasteiger partial charge in [-0.1, -0.05) is 117 Å². The smallest absolute Gasteiger partial charge is 3.00 e. The molecule has 0 rings (SSSR count). The summed E-state index contributed by atoms with van der Waals surface area (Å²) in [6, 6.07) is 0. The molecule has 0 N–H and O–H groups in total. The first kappa shape index (κ1) is 45.3. The van der Waals surface area contributed by atoms with Gasteiger partial charge in [0.05, 0.1) is 0 Å². The molecule has 0 fully saturated rings. The summed E-state index contributed by atoms with van der Waals surface area (Å²) in [5.41, 5.74) is 0. The first-order chi connectivity index (χ1) is 18.0. The summed E-state index contributed by atoms with van der Waals surface area (Å²) in [7, 11) is 0. The number of carbonyl (C=O) groups is 2. The molecule has 0 atom stereocenters. The van der Waals surface area contributed by atoms with Crippen molar-refractivity contribution in [2.45, 2.75) is 191 Å². The van der Waals surface area contributed by atoms with Gasteiger partial charge in [0, 0.05) is 11.9 Å². The molecule has 0 saturated heterocycles. The molecule has 0 amide bonds. The van der Waals surface area contributed by atoms with Gasteiger partial charge < -0.3 is 19.8 Å². The Morgan fingerprint density at radius 3 is 0.895 bits per heavy atom. The number of hydrogen-bond acceptors (Lipinski definition) is 4. The van der Waals surface area contributed by atoms with Crippen LogP contribution >= 0.6 is 0 Å². The minimum Gasteiger partial charge on any atom is 3.00 e. The summed E-state index contributed by atoms with van der Waals surface area (Å²) in [4.78, 5) is 20.2. The monoisotopic (exact) mass is 659 g/mol. The van der Waals surface area contributed by atoms with Crippen molar-refractivity contribution in [2.75, 3.05) is 0 Å². The number of unbranched alkanes of at least 4 members (excludes halogenated alkanes) is 18. The van der Waals surface area contributed by atoms with E-state index < -0.39 is 11.9 Å². The number of hydrogen-bond donors (Lipinski definition) is 0. The largest absolute Gasteiger partial charge is 3.00 e. The van der Waals surface area contributed by atoms with Crippen molar-refractivity contribution in [3.05, 3.63) is 0 Å². The van der Waals surface area contributed by atoms with Gasteiger partial charge in [-0.3, -0.25) is 0 Å². The number of carbonyl (C=O) groups excluding carboxylic acids is 2. The fourth-order valence-electron chi connectivity index (χ4n) is 3.89. The topological polar surface area (TPSA) is 80.3 Å². The van der Waals surface area contributed by atoms with E-state index in [4.69, 9.17) is 0 Å². The fraction of sp³-hybridized carbons (Fsp3) is 0.938. The molecule has 6 heteroatoms. The third-order valence-corrected chi connectivity index (χ3v) is 10.4.